The summed E-state index contributed by atoms with van der Waals surface area (Å²) in [6, 6.07) is 9.61. The normalized spacial score (nSPS) is 11.6. The number of halogens is 1. The third-order valence-electron chi connectivity index (χ3n) is 4.39. The van der Waals surface area contributed by atoms with Crippen LogP contribution in [0.15, 0.2) is 36.4 Å². The molecule has 2 aromatic carbocycles. The van der Waals surface area contributed by atoms with E-state index in [2.05, 4.69) is 10.0 Å². The third kappa shape index (κ3) is 4.58. The van der Waals surface area contributed by atoms with Crippen LogP contribution < -0.4 is 10.0 Å². The Morgan fingerprint density at radius 3 is 2.66 bits per heavy atom. The quantitative estimate of drug-likeness (QED) is 0.571. The van der Waals surface area contributed by atoms with Crippen LogP contribution in [0.1, 0.15) is 27.7 Å². The predicted molar refractivity (Wildman–Crippen MR) is 115 cm³/mol. The highest BCUT2D eigenvalue weighted by atomic mass is 32.2. The Labute approximate surface area is 172 Å². The summed E-state index contributed by atoms with van der Waals surface area (Å²) < 4.78 is 46.2. The summed E-state index contributed by atoms with van der Waals surface area (Å²) >= 11 is 1.20. The van der Waals surface area contributed by atoms with Gasteiger partial charge in [-0.15, -0.1) is 11.3 Å². The molecule has 0 saturated carbocycles. The SMILES string of the molecule is CCS(=O)(=O)Nc1ccc(NC(=O)c2sc3cccc(F)c3c2COC)cc1C. The largest absolute Gasteiger partial charge is 0.380 e. The number of hydrogen-bond acceptors (Lipinski definition) is 5. The Kier molecular flexibility index (Phi) is 6.21. The number of methoxy groups -OCH3 is 1. The van der Waals surface area contributed by atoms with Crippen LogP contribution in [0.5, 0.6) is 0 Å². The number of thiophene rings is 1. The van der Waals surface area contributed by atoms with Crippen molar-refractivity contribution in [3.63, 3.8) is 0 Å². The average Bonchev–Trinajstić information content (AvgIpc) is 3.04. The van der Waals surface area contributed by atoms with Crippen LogP contribution in [0.3, 0.4) is 0 Å². The van der Waals surface area contributed by atoms with Crippen molar-refractivity contribution in [3.8, 4) is 0 Å². The van der Waals surface area contributed by atoms with Crippen LogP contribution in [0.4, 0.5) is 15.8 Å². The summed E-state index contributed by atoms with van der Waals surface area (Å²) in [5.41, 5.74) is 2.13. The maximum Gasteiger partial charge on any atom is 0.266 e. The monoisotopic (exact) mass is 436 g/mol. The van der Waals surface area contributed by atoms with Gasteiger partial charge in [-0.2, -0.15) is 0 Å². The fourth-order valence-corrected chi connectivity index (χ4v) is 4.74. The molecule has 0 saturated heterocycles. The number of ether oxygens (including phenoxy) is 1. The topological polar surface area (TPSA) is 84.5 Å². The highest BCUT2D eigenvalue weighted by Crippen LogP contribution is 2.34. The number of anilines is 2. The van der Waals surface area contributed by atoms with Crippen molar-refractivity contribution in [3.05, 3.63) is 58.2 Å². The second-order valence-corrected chi connectivity index (χ2v) is 9.51. The molecular weight excluding hydrogens is 415 g/mol. The Hall–Kier alpha value is -2.49. The van der Waals surface area contributed by atoms with E-state index in [9.17, 15) is 17.6 Å². The Balaban J connectivity index is 1.90. The van der Waals surface area contributed by atoms with Crippen molar-refractivity contribution in [2.75, 3.05) is 22.9 Å². The second kappa shape index (κ2) is 8.48. The molecule has 0 radical (unpaired) electrons. The Morgan fingerprint density at radius 2 is 2.00 bits per heavy atom. The maximum absolute atomic E-state index is 14.3. The van der Waals surface area contributed by atoms with E-state index < -0.39 is 15.8 Å². The lowest BCUT2D eigenvalue weighted by Gasteiger charge is -2.12. The van der Waals surface area contributed by atoms with Gasteiger partial charge in [0.05, 0.1) is 22.9 Å². The fourth-order valence-electron chi connectivity index (χ4n) is 2.92. The van der Waals surface area contributed by atoms with Gasteiger partial charge in [-0.3, -0.25) is 9.52 Å². The Bertz CT molecular complexity index is 1170. The first-order valence-corrected chi connectivity index (χ1v) is 11.3. The molecule has 3 aromatic rings. The van der Waals surface area contributed by atoms with Gasteiger partial charge in [0.15, 0.2) is 0 Å². The van der Waals surface area contributed by atoms with E-state index in [1.165, 1.54) is 24.5 Å². The number of fused-ring (bicyclic) bond motifs is 1. The van der Waals surface area contributed by atoms with Crippen LogP contribution in [0.2, 0.25) is 0 Å². The number of sulfonamides is 1. The van der Waals surface area contributed by atoms with Crippen molar-refractivity contribution in [1.82, 2.24) is 0 Å². The van der Waals surface area contributed by atoms with Crippen LogP contribution in [-0.4, -0.2) is 27.2 Å². The molecule has 0 atom stereocenters. The molecule has 0 fully saturated rings. The van der Waals surface area contributed by atoms with E-state index in [1.807, 2.05) is 0 Å². The third-order valence-corrected chi connectivity index (χ3v) is 6.87. The summed E-state index contributed by atoms with van der Waals surface area (Å²) in [4.78, 5) is 13.2. The molecule has 0 spiro atoms. The van der Waals surface area contributed by atoms with Crippen LogP contribution in [0, 0.1) is 12.7 Å². The predicted octanol–water partition coefficient (Wildman–Crippen LogP) is 4.51. The Morgan fingerprint density at radius 1 is 1.24 bits per heavy atom. The summed E-state index contributed by atoms with van der Waals surface area (Å²) in [5.74, 6) is -0.803. The number of benzene rings is 2. The van der Waals surface area contributed by atoms with Gasteiger partial charge in [-0.05, 0) is 49.7 Å². The molecule has 0 aliphatic rings. The van der Waals surface area contributed by atoms with E-state index in [1.54, 1.807) is 44.2 Å². The first kappa shape index (κ1) is 21.2. The first-order valence-electron chi connectivity index (χ1n) is 8.87. The highest BCUT2D eigenvalue weighted by molar-refractivity contribution is 7.92. The molecule has 0 aliphatic carbocycles. The standard InChI is InChI=1S/C20H21FN2O4S2/c1-4-29(25,26)23-16-9-8-13(10-12(16)2)22-20(24)19-14(11-27-3)18-15(21)6-5-7-17(18)28-19/h5-10,23H,4,11H2,1-3H3,(H,22,24). The minimum Gasteiger partial charge on any atom is -0.380 e. The molecule has 154 valence electrons. The van der Waals surface area contributed by atoms with Gasteiger partial charge in [-0.1, -0.05) is 6.07 Å². The maximum atomic E-state index is 14.3. The van der Waals surface area contributed by atoms with Crippen molar-refractivity contribution >= 4 is 48.7 Å². The molecule has 29 heavy (non-hydrogen) atoms. The van der Waals surface area contributed by atoms with E-state index in [-0.39, 0.29) is 18.3 Å². The molecule has 0 unspecified atom stereocenters. The van der Waals surface area contributed by atoms with Gasteiger partial charge in [0.1, 0.15) is 5.82 Å². The minimum absolute atomic E-state index is 0.0320. The lowest BCUT2D eigenvalue weighted by atomic mass is 10.1. The lowest BCUT2D eigenvalue weighted by molar-refractivity contribution is 0.102. The van der Waals surface area contributed by atoms with Crippen molar-refractivity contribution in [2.45, 2.75) is 20.5 Å². The fraction of sp³-hybridized carbons (Fsp3) is 0.250. The van der Waals surface area contributed by atoms with Gasteiger partial charge >= 0.3 is 0 Å². The van der Waals surface area contributed by atoms with Crippen molar-refractivity contribution < 1.29 is 22.3 Å². The molecule has 1 amide bonds. The molecular formula is C20H21FN2O4S2. The molecule has 2 N–H and O–H groups in total. The second-order valence-electron chi connectivity index (χ2n) is 6.45. The molecule has 6 nitrogen and oxygen atoms in total. The van der Waals surface area contributed by atoms with Gasteiger partial charge in [0, 0.05) is 28.4 Å². The van der Waals surface area contributed by atoms with Crippen molar-refractivity contribution in [1.29, 1.82) is 0 Å². The molecule has 0 bridgehead atoms. The van der Waals surface area contributed by atoms with Crippen LogP contribution >= 0.6 is 11.3 Å². The summed E-state index contributed by atoms with van der Waals surface area (Å²) in [6.45, 7) is 3.41. The number of amides is 1. The molecule has 0 aliphatic heterocycles. The van der Waals surface area contributed by atoms with E-state index in [4.69, 9.17) is 4.74 Å². The van der Waals surface area contributed by atoms with E-state index in [0.29, 0.717) is 37.5 Å². The van der Waals surface area contributed by atoms with E-state index >= 15 is 0 Å². The minimum atomic E-state index is -3.39. The average molecular weight is 437 g/mol. The van der Waals surface area contributed by atoms with Gasteiger partial charge < -0.3 is 10.1 Å². The number of carbonyl (C=O) groups excluding carboxylic acids is 1. The number of nitrogens with one attached hydrogen (secondary N) is 2. The van der Waals surface area contributed by atoms with Crippen LogP contribution in [0.25, 0.3) is 10.1 Å². The zero-order valence-corrected chi connectivity index (χ0v) is 17.8. The zero-order valence-electron chi connectivity index (χ0n) is 16.2. The summed E-state index contributed by atoms with van der Waals surface area (Å²) in [5, 5.41) is 3.19. The van der Waals surface area contributed by atoms with Gasteiger partial charge in [0.25, 0.3) is 5.91 Å². The van der Waals surface area contributed by atoms with Gasteiger partial charge in [-0.25, -0.2) is 12.8 Å². The molecule has 9 heteroatoms. The number of aryl methyl sites for hydroxylation is 1. The highest BCUT2D eigenvalue weighted by Gasteiger charge is 2.21. The molecule has 1 heterocycles. The number of carbonyl (C=O) groups is 1. The smallest absolute Gasteiger partial charge is 0.266 e. The summed E-state index contributed by atoms with van der Waals surface area (Å²) in [7, 11) is -1.90. The van der Waals surface area contributed by atoms with Gasteiger partial charge in [0.2, 0.25) is 10.0 Å². The lowest BCUT2D eigenvalue weighted by Crippen LogP contribution is -2.16. The number of hydrogen-bond donors (Lipinski definition) is 2. The molecule has 3 rings (SSSR count). The molecule has 1 aromatic heterocycles. The van der Waals surface area contributed by atoms with Crippen LogP contribution in [-0.2, 0) is 21.4 Å². The van der Waals surface area contributed by atoms with E-state index in [0.717, 1.165) is 0 Å². The first-order chi connectivity index (χ1) is 13.8. The van der Waals surface area contributed by atoms with Crippen molar-refractivity contribution in [2.24, 2.45) is 0 Å². The summed E-state index contributed by atoms with van der Waals surface area (Å²) in [6.07, 6.45) is 0. The zero-order chi connectivity index (χ0) is 21.2. The number of rotatable bonds is 7.